The van der Waals surface area contributed by atoms with Crippen molar-refractivity contribution in [2.75, 3.05) is 11.0 Å². The average molecular weight is 308 g/mol. The van der Waals surface area contributed by atoms with Crippen LogP contribution < -0.4 is 0 Å². The highest BCUT2D eigenvalue weighted by atomic mass is 127. The van der Waals surface area contributed by atoms with Crippen molar-refractivity contribution < 1.29 is 9.47 Å². The largest absolute Gasteiger partial charge is 0.372 e. The Morgan fingerprint density at radius 1 is 1.50 bits per heavy atom. The van der Waals surface area contributed by atoms with E-state index in [1.165, 1.54) is 17.3 Å². The molecule has 0 saturated carbocycles. The van der Waals surface area contributed by atoms with Crippen molar-refractivity contribution in [1.29, 1.82) is 0 Å². The van der Waals surface area contributed by atoms with Gasteiger partial charge in [0.05, 0.1) is 24.9 Å². The quantitative estimate of drug-likeness (QED) is 0.451. The van der Waals surface area contributed by atoms with E-state index in [-0.39, 0.29) is 0 Å². The zero-order chi connectivity index (χ0) is 9.97. The van der Waals surface area contributed by atoms with Crippen LogP contribution in [-0.2, 0) is 9.47 Å². The van der Waals surface area contributed by atoms with Gasteiger partial charge in [-0.2, -0.15) is 0 Å². The molecule has 2 rings (SSSR count). The van der Waals surface area contributed by atoms with E-state index < -0.39 is 0 Å². The molecule has 2 heterocycles. The van der Waals surface area contributed by atoms with Crippen molar-refractivity contribution in [1.82, 2.24) is 0 Å². The number of hydrogen-bond donors (Lipinski definition) is 0. The number of alkyl halides is 1. The molecule has 14 heavy (non-hydrogen) atoms. The lowest BCUT2D eigenvalue weighted by molar-refractivity contribution is -0.106. The third-order valence-electron chi connectivity index (χ3n) is 3.15. The van der Waals surface area contributed by atoms with Gasteiger partial charge in [-0.15, -0.1) is 6.58 Å². The van der Waals surface area contributed by atoms with Gasteiger partial charge < -0.3 is 9.47 Å². The highest BCUT2D eigenvalue weighted by molar-refractivity contribution is 14.1. The first-order valence-electron chi connectivity index (χ1n) is 5.29. The van der Waals surface area contributed by atoms with Crippen LogP contribution >= 0.6 is 22.6 Å². The van der Waals surface area contributed by atoms with Gasteiger partial charge in [0.15, 0.2) is 0 Å². The minimum atomic E-state index is 0.312. The SMILES string of the molecule is C=CCO[C@H]1CC[C@H]2C[C@H](CI)[C@@H]1O2. The Hall–Kier alpha value is 0.390. The summed E-state index contributed by atoms with van der Waals surface area (Å²) in [6.45, 7) is 4.33. The molecule has 2 aliphatic heterocycles. The summed E-state index contributed by atoms with van der Waals surface area (Å²) in [6.07, 6.45) is 6.57. The highest BCUT2D eigenvalue weighted by Gasteiger charge is 2.43. The Morgan fingerprint density at radius 2 is 2.36 bits per heavy atom. The zero-order valence-electron chi connectivity index (χ0n) is 8.32. The molecule has 2 nitrogen and oxygen atoms in total. The van der Waals surface area contributed by atoms with Crippen molar-refractivity contribution in [2.24, 2.45) is 5.92 Å². The molecular weight excluding hydrogens is 291 g/mol. The van der Waals surface area contributed by atoms with Gasteiger partial charge >= 0.3 is 0 Å². The second-order valence-electron chi connectivity index (χ2n) is 4.11. The van der Waals surface area contributed by atoms with Gasteiger partial charge in [0, 0.05) is 4.43 Å². The molecule has 2 saturated heterocycles. The summed E-state index contributed by atoms with van der Waals surface area (Å²) in [5.74, 6) is 0.706. The number of fused-ring (bicyclic) bond motifs is 2. The molecule has 2 aliphatic rings. The van der Waals surface area contributed by atoms with E-state index in [1.54, 1.807) is 0 Å². The molecule has 2 fully saturated rings. The molecule has 0 aliphatic carbocycles. The molecule has 0 amide bonds. The molecule has 2 bridgehead atoms. The van der Waals surface area contributed by atoms with Crippen molar-refractivity contribution in [3.63, 3.8) is 0 Å². The Bertz CT molecular complexity index is 207. The van der Waals surface area contributed by atoms with Gasteiger partial charge in [-0.1, -0.05) is 28.7 Å². The number of ether oxygens (including phenoxy) is 2. The Labute approximate surface area is 99.2 Å². The van der Waals surface area contributed by atoms with Gasteiger partial charge in [-0.3, -0.25) is 0 Å². The van der Waals surface area contributed by atoms with Crippen LogP contribution in [0.3, 0.4) is 0 Å². The van der Waals surface area contributed by atoms with Crippen LogP contribution in [0.2, 0.25) is 0 Å². The normalized spacial score (nSPS) is 41.2. The second-order valence-corrected chi connectivity index (χ2v) is 4.99. The van der Waals surface area contributed by atoms with Gasteiger partial charge in [0.25, 0.3) is 0 Å². The summed E-state index contributed by atoms with van der Waals surface area (Å²) in [7, 11) is 0. The predicted molar refractivity (Wildman–Crippen MR) is 64.8 cm³/mol. The topological polar surface area (TPSA) is 18.5 Å². The first-order valence-corrected chi connectivity index (χ1v) is 6.81. The second kappa shape index (κ2) is 4.94. The van der Waals surface area contributed by atoms with E-state index in [2.05, 4.69) is 29.2 Å². The van der Waals surface area contributed by atoms with Gasteiger partial charge in [-0.05, 0) is 25.2 Å². The fraction of sp³-hybridized carbons (Fsp3) is 0.818. The van der Waals surface area contributed by atoms with E-state index in [0.29, 0.717) is 30.8 Å². The summed E-state index contributed by atoms with van der Waals surface area (Å²) in [5.41, 5.74) is 0. The molecule has 0 aromatic heterocycles. The van der Waals surface area contributed by atoms with Gasteiger partial charge in [0.1, 0.15) is 0 Å². The summed E-state index contributed by atoms with van der Waals surface area (Å²) < 4.78 is 12.9. The van der Waals surface area contributed by atoms with Crippen LogP contribution in [0.25, 0.3) is 0 Å². The van der Waals surface area contributed by atoms with Crippen LogP contribution in [0.1, 0.15) is 19.3 Å². The molecule has 80 valence electrons. The van der Waals surface area contributed by atoms with E-state index in [1.807, 2.05) is 6.08 Å². The van der Waals surface area contributed by atoms with Crippen LogP contribution in [0, 0.1) is 5.92 Å². The standard InChI is InChI=1S/C11H17IO2/c1-2-5-13-10-4-3-9-6-8(7-12)11(10)14-9/h2,8-11H,1,3-7H2/t8-,9+,10+,11+/m1/s1. The summed E-state index contributed by atoms with van der Waals surface area (Å²) >= 11 is 2.46. The maximum absolute atomic E-state index is 5.95. The molecular formula is C11H17IO2. The maximum Gasteiger partial charge on any atom is 0.0876 e. The number of hydrogen-bond acceptors (Lipinski definition) is 2. The smallest absolute Gasteiger partial charge is 0.0876 e. The average Bonchev–Trinajstić information content (AvgIpc) is 2.55. The van der Waals surface area contributed by atoms with Crippen LogP contribution in [-0.4, -0.2) is 29.3 Å². The van der Waals surface area contributed by atoms with E-state index in [4.69, 9.17) is 9.47 Å². The number of rotatable bonds is 4. The molecule has 0 aromatic carbocycles. The summed E-state index contributed by atoms with van der Waals surface area (Å²) in [6, 6.07) is 0. The summed E-state index contributed by atoms with van der Waals surface area (Å²) in [4.78, 5) is 0. The molecule has 0 unspecified atom stereocenters. The maximum atomic E-state index is 5.95. The van der Waals surface area contributed by atoms with E-state index in [0.717, 1.165) is 6.42 Å². The van der Waals surface area contributed by atoms with Crippen molar-refractivity contribution in [3.05, 3.63) is 12.7 Å². The summed E-state index contributed by atoms with van der Waals surface area (Å²) in [5, 5.41) is 0. The molecule has 3 heteroatoms. The Kier molecular flexibility index (Phi) is 3.85. The zero-order valence-corrected chi connectivity index (χ0v) is 10.5. The minimum Gasteiger partial charge on any atom is -0.372 e. The fourth-order valence-electron chi connectivity index (χ4n) is 2.47. The molecule has 0 radical (unpaired) electrons. The first kappa shape index (κ1) is 10.9. The molecule has 0 spiro atoms. The van der Waals surface area contributed by atoms with E-state index >= 15 is 0 Å². The fourth-order valence-corrected chi connectivity index (χ4v) is 3.33. The Morgan fingerprint density at radius 3 is 3.07 bits per heavy atom. The lowest BCUT2D eigenvalue weighted by Gasteiger charge is -2.30. The van der Waals surface area contributed by atoms with E-state index in [9.17, 15) is 0 Å². The molecule has 0 N–H and O–H groups in total. The van der Waals surface area contributed by atoms with Crippen LogP contribution in [0.15, 0.2) is 12.7 Å². The van der Waals surface area contributed by atoms with Crippen molar-refractivity contribution in [3.8, 4) is 0 Å². The van der Waals surface area contributed by atoms with Crippen molar-refractivity contribution >= 4 is 22.6 Å². The molecule has 4 atom stereocenters. The third-order valence-corrected chi connectivity index (χ3v) is 4.28. The highest BCUT2D eigenvalue weighted by Crippen LogP contribution is 2.39. The predicted octanol–water partition coefficient (Wildman–Crippen LogP) is 2.56. The lowest BCUT2D eigenvalue weighted by Crippen LogP contribution is -2.37. The van der Waals surface area contributed by atoms with Crippen LogP contribution in [0.5, 0.6) is 0 Å². The van der Waals surface area contributed by atoms with Gasteiger partial charge in [-0.25, -0.2) is 0 Å². The number of halogens is 1. The third kappa shape index (κ3) is 2.14. The van der Waals surface area contributed by atoms with Crippen molar-refractivity contribution in [2.45, 2.75) is 37.6 Å². The monoisotopic (exact) mass is 308 g/mol. The Balaban J connectivity index is 1.94. The first-order chi connectivity index (χ1) is 6.85. The molecule has 0 aromatic rings. The van der Waals surface area contributed by atoms with Gasteiger partial charge in [0.2, 0.25) is 0 Å². The minimum absolute atomic E-state index is 0.312. The van der Waals surface area contributed by atoms with Crippen LogP contribution in [0.4, 0.5) is 0 Å². The lowest BCUT2D eigenvalue weighted by atomic mass is 10.00.